The van der Waals surface area contributed by atoms with Gasteiger partial charge in [-0.25, -0.2) is 9.78 Å². The number of methoxy groups -OCH3 is 1. The van der Waals surface area contributed by atoms with E-state index in [1.807, 2.05) is 11.9 Å². The highest BCUT2D eigenvalue weighted by Gasteiger charge is 2.18. The number of unbranched alkanes of at least 4 members (excludes halogenated alkanes) is 2. The molecule has 0 aliphatic carbocycles. The van der Waals surface area contributed by atoms with Crippen LogP contribution < -0.4 is 4.90 Å². The molecule has 0 aliphatic rings. The summed E-state index contributed by atoms with van der Waals surface area (Å²) in [5.74, 6) is -0.461. The predicted molar refractivity (Wildman–Crippen MR) is 72.7 cm³/mol. The third-order valence-electron chi connectivity index (χ3n) is 2.42. The number of aromatic nitrogens is 1. The summed E-state index contributed by atoms with van der Waals surface area (Å²) in [7, 11) is 3.21. The Kier molecular flexibility index (Phi) is 6.38. The number of ether oxygens (including phenoxy) is 1. The van der Waals surface area contributed by atoms with E-state index in [1.165, 1.54) is 18.4 Å². The highest BCUT2D eigenvalue weighted by atomic mass is 35.5. The number of halogens is 1. The summed E-state index contributed by atoms with van der Waals surface area (Å²) in [5, 5.41) is 9.57. The van der Waals surface area contributed by atoms with E-state index >= 15 is 0 Å². The molecule has 0 amide bonds. The van der Waals surface area contributed by atoms with Crippen molar-refractivity contribution in [3.63, 3.8) is 0 Å². The third kappa shape index (κ3) is 4.12. The molecular formula is C11H17ClN2O3S. The molecule has 102 valence electrons. The molecule has 0 bridgehead atoms. The molecule has 7 heteroatoms. The Labute approximate surface area is 115 Å². The molecule has 1 heterocycles. The van der Waals surface area contributed by atoms with Gasteiger partial charge in [0, 0.05) is 20.2 Å². The molecule has 18 heavy (non-hydrogen) atoms. The number of aliphatic hydroxyl groups is 1. The van der Waals surface area contributed by atoms with E-state index in [1.54, 1.807) is 0 Å². The van der Waals surface area contributed by atoms with Gasteiger partial charge in [-0.2, -0.15) is 0 Å². The summed E-state index contributed by atoms with van der Waals surface area (Å²) >= 11 is 7.11. The van der Waals surface area contributed by atoms with Crippen LogP contribution in [0, 0.1) is 0 Å². The van der Waals surface area contributed by atoms with Crippen LogP contribution in [0.1, 0.15) is 28.9 Å². The van der Waals surface area contributed by atoms with Crippen LogP contribution in [0.3, 0.4) is 0 Å². The van der Waals surface area contributed by atoms with Crippen molar-refractivity contribution in [1.29, 1.82) is 0 Å². The Balaban J connectivity index is 2.58. The van der Waals surface area contributed by atoms with Crippen LogP contribution in [0.15, 0.2) is 0 Å². The first-order valence-corrected chi connectivity index (χ1v) is 6.86. The van der Waals surface area contributed by atoms with Crippen molar-refractivity contribution in [2.75, 3.05) is 32.2 Å². The zero-order valence-electron chi connectivity index (χ0n) is 10.5. The molecular weight excluding hydrogens is 276 g/mol. The van der Waals surface area contributed by atoms with Crippen molar-refractivity contribution in [3.8, 4) is 0 Å². The van der Waals surface area contributed by atoms with Crippen molar-refractivity contribution in [2.45, 2.75) is 19.3 Å². The van der Waals surface area contributed by atoms with E-state index in [2.05, 4.69) is 9.72 Å². The number of hydrogen-bond donors (Lipinski definition) is 1. The Hall–Kier alpha value is -0.850. The number of carbonyl (C=O) groups is 1. The quantitative estimate of drug-likeness (QED) is 0.616. The highest BCUT2D eigenvalue weighted by Crippen LogP contribution is 2.29. The van der Waals surface area contributed by atoms with Crippen molar-refractivity contribution in [2.24, 2.45) is 0 Å². The van der Waals surface area contributed by atoms with Crippen LogP contribution in [0.25, 0.3) is 0 Å². The Bertz CT molecular complexity index is 398. The largest absolute Gasteiger partial charge is 0.465 e. The van der Waals surface area contributed by atoms with Crippen molar-refractivity contribution in [1.82, 2.24) is 4.98 Å². The maximum atomic E-state index is 11.4. The Morgan fingerprint density at radius 2 is 2.22 bits per heavy atom. The second-order valence-corrected chi connectivity index (χ2v) is 5.15. The van der Waals surface area contributed by atoms with Gasteiger partial charge < -0.3 is 14.7 Å². The van der Waals surface area contributed by atoms with Crippen molar-refractivity contribution < 1.29 is 14.6 Å². The molecule has 5 nitrogen and oxygen atoms in total. The fraction of sp³-hybridized carbons (Fsp3) is 0.636. The van der Waals surface area contributed by atoms with Crippen LogP contribution in [0.2, 0.25) is 5.15 Å². The van der Waals surface area contributed by atoms with Gasteiger partial charge in [-0.3, -0.25) is 0 Å². The van der Waals surface area contributed by atoms with Gasteiger partial charge in [0.05, 0.1) is 7.11 Å². The lowest BCUT2D eigenvalue weighted by Crippen LogP contribution is -2.18. The highest BCUT2D eigenvalue weighted by molar-refractivity contribution is 7.18. The summed E-state index contributed by atoms with van der Waals surface area (Å²) in [4.78, 5) is 17.8. The number of anilines is 1. The molecule has 0 saturated carbocycles. The maximum Gasteiger partial charge on any atom is 0.351 e. The van der Waals surface area contributed by atoms with Gasteiger partial charge in [0.25, 0.3) is 0 Å². The Morgan fingerprint density at radius 1 is 1.50 bits per heavy atom. The first-order valence-electron chi connectivity index (χ1n) is 5.66. The van der Waals surface area contributed by atoms with E-state index in [-0.39, 0.29) is 11.8 Å². The molecule has 0 saturated heterocycles. The maximum absolute atomic E-state index is 11.4. The van der Waals surface area contributed by atoms with Crippen LogP contribution >= 0.6 is 22.9 Å². The normalized spacial score (nSPS) is 10.4. The molecule has 0 aromatic carbocycles. The topological polar surface area (TPSA) is 62.7 Å². The number of hydrogen-bond acceptors (Lipinski definition) is 6. The zero-order chi connectivity index (χ0) is 13.5. The van der Waals surface area contributed by atoms with Gasteiger partial charge in [-0.05, 0) is 19.3 Å². The van der Waals surface area contributed by atoms with E-state index in [0.29, 0.717) is 10.0 Å². The third-order valence-corrected chi connectivity index (χ3v) is 3.96. The molecule has 1 rings (SSSR count). The monoisotopic (exact) mass is 292 g/mol. The molecule has 0 radical (unpaired) electrons. The minimum atomic E-state index is -0.461. The lowest BCUT2D eigenvalue weighted by Gasteiger charge is -2.14. The van der Waals surface area contributed by atoms with Gasteiger partial charge in [-0.1, -0.05) is 22.9 Å². The smallest absolute Gasteiger partial charge is 0.351 e. The lowest BCUT2D eigenvalue weighted by atomic mass is 10.2. The molecule has 1 aromatic rings. The lowest BCUT2D eigenvalue weighted by molar-refractivity contribution is 0.0606. The number of carbonyl (C=O) groups excluding carboxylic acids is 1. The molecule has 0 unspecified atom stereocenters. The average molecular weight is 293 g/mol. The van der Waals surface area contributed by atoms with E-state index < -0.39 is 5.97 Å². The van der Waals surface area contributed by atoms with Crippen molar-refractivity contribution >= 4 is 34.0 Å². The molecule has 0 fully saturated rings. The second-order valence-electron chi connectivity index (χ2n) is 3.81. The van der Waals surface area contributed by atoms with Crippen LogP contribution in [-0.2, 0) is 4.74 Å². The van der Waals surface area contributed by atoms with E-state index in [9.17, 15) is 4.79 Å². The number of aliphatic hydroxyl groups excluding tert-OH is 1. The average Bonchev–Trinajstić information content (AvgIpc) is 2.75. The molecule has 1 aromatic heterocycles. The molecule has 0 aliphatic heterocycles. The zero-order valence-corrected chi connectivity index (χ0v) is 12.1. The summed E-state index contributed by atoms with van der Waals surface area (Å²) in [6.45, 7) is 1.03. The number of thiazole rings is 1. The summed E-state index contributed by atoms with van der Waals surface area (Å²) in [6, 6.07) is 0. The SMILES string of the molecule is COC(=O)c1sc(N(C)CCCCCO)nc1Cl. The molecule has 0 atom stereocenters. The predicted octanol–water partition coefficient (Wildman–Crippen LogP) is 2.18. The molecule has 0 spiro atoms. The van der Waals surface area contributed by atoms with Gasteiger partial charge in [0.15, 0.2) is 15.2 Å². The number of nitrogens with zero attached hydrogens (tertiary/aromatic N) is 2. The Morgan fingerprint density at radius 3 is 2.83 bits per heavy atom. The van der Waals surface area contributed by atoms with Crippen LogP contribution in [0.5, 0.6) is 0 Å². The second kappa shape index (κ2) is 7.56. The molecule has 1 N–H and O–H groups in total. The van der Waals surface area contributed by atoms with Crippen LogP contribution in [-0.4, -0.2) is 43.4 Å². The first-order chi connectivity index (χ1) is 8.60. The van der Waals surface area contributed by atoms with Gasteiger partial charge in [-0.15, -0.1) is 0 Å². The standard InChI is InChI=1S/C11H17ClN2O3S/c1-14(6-4-3-5-7-15)11-13-9(12)8(18-11)10(16)17-2/h15H,3-7H2,1-2H3. The summed E-state index contributed by atoms with van der Waals surface area (Å²) in [5.41, 5.74) is 0. The summed E-state index contributed by atoms with van der Waals surface area (Å²) < 4.78 is 4.62. The minimum absolute atomic E-state index is 0.184. The number of rotatable bonds is 7. The van der Waals surface area contributed by atoms with E-state index in [0.717, 1.165) is 25.8 Å². The van der Waals surface area contributed by atoms with Crippen molar-refractivity contribution in [3.05, 3.63) is 10.0 Å². The fourth-order valence-corrected chi connectivity index (χ4v) is 2.59. The van der Waals surface area contributed by atoms with Gasteiger partial charge >= 0.3 is 5.97 Å². The van der Waals surface area contributed by atoms with Gasteiger partial charge in [0.1, 0.15) is 0 Å². The first kappa shape index (κ1) is 15.2. The fourth-order valence-electron chi connectivity index (χ4n) is 1.41. The number of esters is 1. The minimum Gasteiger partial charge on any atom is -0.465 e. The summed E-state index contributed by atoms with van der Waals surface area (Å²) in [6.07, 6.45) is 2.73. The van der Waals surface area contributed by atoms with Gasteiger partial charge in [0.2, 0.25) is 0 Å². The van der Waals surface area contributed by atoms with E-state index in [4.69, 9.17) is 16.7 Å². The van der Waals surface area contributed by atoms with Crippen LogP contribution in [0.4, 0.5) is 5.13 Å².